The van der Waals surface area contributed by atoms with Crippen molar-refractivity contribution >= 4 is 19.7 Å². The lowest BCUT2D eigenvalue weighted by molar-refractivity contribution is -0.870. The van der Waals surface area contributed by atoms with Crippen molar-refractivity contribution in [2.24, 2.45) is 0 Å². The number of carbonyl (C=O) groups excluding carboxylic acids is 2. The summed E-state index contributed by atoms with van der Waals surface area (Å²) in [5.74, 6) is -0.499. The van der Waals surface area contributed by atoms with Gasteiger partial charge in [0, 0.05) is 12.8 Å². The van der Waals surface area contributed by atoms with Gasteiger partial charge in [0.05, 0.1) is 33.8 Å². The number of phosphoric acid groups is 1. The zero-order valence-corrected chi connectivity index (χ0v) is 55.2. The van der Waals surface area contributed by atoms with Gasteiger partial charge in [-0.15, -0.1) is 0 Å². The second-order valence-corrected chi connectivity index (χ2v) is 26.1. The number of hydrogen-bond donors (Lipinski definition) is 2. The van der Waals surface area contributed by atoms with Crippen LogP contribution in [-0.2, 0) is 27.9 Å². The van der Waals surface area contributed by atoms with Gasteiger partial charge in [-0.05, 0) is 96.0 Å². The maximum absolute atomic E-state index is 13.6. The van der Waals surface area contributed by atoms with Gasteiger partial charge in [-0.3, -0.25) is 18.6 Å². The molecule has 0 heterocycles. The van der Waals surface area contributed by atoms with Gasteiger partial charge < -0.3 is 19.4 Å². The molecule has 0 rings (SSSR count). The van der Waals surface area contributed by atoms with Crippen LogP contribution in [0.25, 0.3) is 0 Å². The van der Waals surface area contributed by atoms with Gasteiger partial charge in [0.15, 0.2) is 0 Å². The largest absolute Gasteiger partial charge is 0.472 e. The minimum absolute atomic E-state index is 0.0392. The average molecular weight is 1160 g/mol. The van der Waals surface area contributed by atoms with Crippen molar-refractivity contribution in [3.8, 4) is 0 Å². The van der Waals surface area contributed by atoms with Gasteiger partial charge in [0.1, 0.15) is 19.3 Å². The van der Waals surface area contributed by atoms with Crippen LogP contribution in [0.4, 0.5) is 0 Å². The first-order valence-electron chi connectivity index (χ1n) is 34.6. The molecule has 0 aliphatic heterocycles. The fourth-order valence-electron chi connectivity index (χ4n) is 10.1. The van der Waals surface area contributed by atoms with Crippen molar-refractivity contribution in [2.75, 3.05) is 40.9 Å². The molecule has 3 unspecified atom stereocenters. The molecule has 2 N–H and O–H groups in total. The third-order valence-corrected chi connectivity index (χ3v) is 16.4. The zero-order valence-electron chi connectivity index (χ0n) is 54.3. The fourth-order valence-corrected chi connectivity index (χ4v) is 10.8. The Bertz CT molecular complexity index is 1570. The molecule has 0 fully saturated rings. The molecular formula is C71H134N2O7P+. The van der Waals surface area contributed by atoms with E-state index < -0.39 is 20.0 Å². The highest BCUT2D eigenvalue weighted by Crippen LogP contribution is 2.43. The van der Waals surface area contributed by atoms with Crippen LogP contribution < -0.4 is 5.32 Å². The number of allylic oxidation sites excluding steroid dienone is 9. The van der Waals surface area contributed by atoms with Crippen molar-refractivity contribution in [3.63, 3.8) is 0 Å². The first kappa shape index (κ1) is 78.7. The van der Waals surface area contributed by atoms with Crippen LogP contribution >= 0.6 is 7.82 Å². The number of carbonyl (C=O) groups is 2. The number of quaternary nitrogens is 1. The molecule has 10 heteroatoms. The molecule has 0 aromatic carbocycles. The van der Waals surface area contributed by atoms with Crippen LogP contribution in [0.2, 0.25) is 0 Å². The Morgan fingerprint density at radius 2 is 0.753 bits per heavy atom. The number of nitrogens with one attached hydrogen (secondary N) is 1. The predicted octanol–water partition coefficient (Wildman–Crippen LogP) is 21.8. The van der Waals surface area contributed by atoms with Crippen LogP contribution in [0.15, 0.2) is 60.8 Å². The minimum Gasteiger partial charge on any atom is -0.456 e. The Morgan fingerprint density at radius 1 is 0.432 bits per heavy atom. The molecule has 0 aliphatic carbocycles. The first-order chi connectivity index (χ1) is 39.4. The third kappa shape index (κ3) is 62.1. The lowest BCUT2D eigenvalue weighted by Gasteiger charge is -2.27. The van der Waals surface area contributed by atoms with Crippen LogP contribution in [-0.4, -0.2) is 74.3 Å². The summed E-state index contributed by atoms with van der Waals surface area (Å²) in [6.07, 6.45) is 77.9. The number of hydrogen-bond acceptors (Lipinski definition) is 6. The molecule has 0 aromatic rings. The summed E-state index contributed by atoms with van der Waals surface area (Å²) in [7, 11) is 1.50. The Morgan fingerprint density at radius 3 is 1.14 bits per heavy atom. The smallest absolute Gasteiger partial charge is 0.456 e. The van der Waals surface area contributed by atoms with Crippen molar-refractivity contribution in [2.45, 2.75) is 341 Å². The predicted molar refractivity (Wildman–Crippen MR) is 351 cm³/mol. The minimum atomic E-state index is -4.45. The molecule has 9 nitrogen and oxygen atoms in total. The number of amides is 1. The Hall–Kier alpha value is -2.29. The first-order valence-corrected chi connectivity index (χ1v) is 36.1. The van der Waals surface area contributed by atoms with Gasteiger partial charge in [0.2, 0.25) is 5.91 Å². The Labute approximate surface area is 502 Å². The van der Waals surface area contributed by atoms with E-state index in [1.807, 2.05) is 33.3 Å². The summed E-state index contributed by atoms with van der Waals surface area (Å²) in [6, 6.07) is -0.852. The van der Waals surface area contributed by atoms with Crippen LogP contribution in [0, 0.1) is 0 Å². The maximum Gasteiger partial charge on any atom is 0.472 e. The quantitative estimate of drug-likeness (QED) is 0.0205. The molecule has 3 atom stereocenters. The number of nitrogens with zero attached hydrogens (tertiary/aromatic N) is 1. The highest BCUT2D eigenvalue weighted by atomic mass is 31.2. The molecule has 0 radical (unpaired) electrons. The van der Waals surface area contributed by atoms with Crippen molar-refractivity contribution in [3.05, 3.63) is 60.8 Å². The standard InChI is InChI=1S/C71H133N2O7P/c1-7-10-13-16-19-22-25-28-30-32-34-35-36-37-39-41-43-46-49-52-55-58-61-64-71(75)80-69(62-59-56-53-50-47-44-27-24-21-18-15-12-9-3)68(67-79-81(76,77)78-66-65-73(4,5)6)72-70(74)63-60-57-54-51-48-45-42-40-38-33-31-29-26-23-20-17-14-11-8-2/h19-20,22-23,28-31,59,62,68-69H,7-18,21,24-27,32-58,60-61,63-67H2,1-6H3,(H-,72,74,76,77)/p+1/b22-19-,23-20-,30-28-,31-29-,62-59+. The number of rotatable bonds is 63. The number of unbranched alkanes of at least 4 members (excludes halogenated alkanes) is 39. The Balaban J connectivity index is 5.14. The van der Waals surface area contributed by atoms with Crippen molar-refractivity contribution in [1.29, 1.82) is 0 Å². The molecular weight excluding hydrogens is 1020 g/mol. The van der Waals surface area contributed by atoms with Gasteiger partial charge in [0.25, 0.3) is 0 Å². The molecule has 0 aromatic heterocycles. The van der Waals surface area contributed by atoms with Crippen molar-refractivity contribution < 1.29 is 37.3 Å². The van der Waals surface area contributed by atoms with E-state index in [2.05, 4.69) is 74.7 Å². The van der Waals surface area contributed by atoms with E-state index in [4.69, 9.17) is 13.8 Å². The van der Waals surface area contributed by atoms with Gasteiger partial charge in [-0.1, -0.05) is 281 Å². The maximum atomic E-state index is 13.6. The summed E-state index contributed by atoms with van der Waals surface area (Å²) < 4.78 is 30.8. The van der Waals surface area contributed by atoms with E-state index in [1.54, 1.807) is 0 Å². The summed E-state index contributed by atoms with van der Waals surface area (Å²) >= 11 is 0. The molecule has 0 aliphatic rings. The number of phosphoric ester groups is 1. The van der Waals surface area contributed by atoms with Crippen LogP contribution in [0.5, 0.6) is 0 Å². The molecule has 0 saturated carbocycles. The number of likely N-dealkylation sites (N-methyl/N-ethyl adjacent to an activating group) is 1. The van der Waals surface area contributed by atoms with Gasteiger partial charge in [-0.25, -0.2) is 4.57 Å². The molecule has 0 saturated heterocycles. The molecule has 474 valence electrons. The second kappa shape index (κ2) is 60.8. The lowest BCUT2D eigenvalue weighted by Crippen LogP contribution is -2.47. The number of esters is 1. The SMILES string of the molecule is CCCCC/C=C\C/C=C\CCCCCCCCCCCCCCCC(=O)OC(/C=C/CCCCCCCCCCCCC)C(COP(=O)(O)OCC[N+](C)(C)C)NC(=O)CCCCCCCCCCC/C=C\C/C=C\CCCCC. The number of ether oxygens (including phenoxy) is 1. The molecule has 81 heavy (non-hydrogen) atoms. The highest BCUT2D eigenvalue weighted by Gasteiger charge is 2.30. The van der Waals surface area contributed by atoms with Gasteiger partial charge >= 0.3 is 13.8 Å². The second-order valence-electron chi connectivity index (χ2n) is 24.7. The lowest BCUT2D eigenvalue weighted by atomic mass is 10.0. The van der Waals surface area contributed by atoms with E-state index in [0.717, 1.165) is 70.6 Å². The summed E-state index contributed by atoms with van der Waals surface area (Å²) in [5, 5.41) is 3.07. The Kier molecular flexibility index (Phi) is 59.1. The summed E-state index contributed by atoms with van der Waals surface area (Å²) in [4.78, 5) is 37.9. The third-order valence-electron chi connectivity index (χ3n) is 15.4. The summed E-state index contributed by atoms with van der Waals surface area (Å²) in [5.41, 5.74) is 0. The normalized spacial score (nSPS) is 13.9. The van der Waals surface area contributed by atoms with Gasteiger partial charge in [-0.2, -0.15) is 0 Å². The van der Waals surface area contributed by atoms with Crippen LogP contribution in [0.1, 0.15) is 329 Å². The topological polar surface area (TPSA) is 111 Å². The molecule has 1 amide bonds. The van der Waals surface area contributed by atoms with E-state index in [0.29, 0.717) is 23.9 Å². The van der Waals surface area contributed by atoms with E-state index in [-0.39, 0.29) is 25.1 Å². The average Bonchev–Trinajstić information content (AvgIpc) is 3.44. The van der Waals surface area contributed by atoms with E-state index >= 15 is 0 Å². The fraction of sp³-hybridized carbons (Fsp3) is 0.831. The van der Waals surface area contributed by atoms with Crippen LogP contribution in [0.3, 0.4) is 0 Å². The molecule has 0 spiro atoms. The monoisotopic (exact) mass is 1160 g/mol. The highest BCUT2D eigenvalue weighted by molar-refractivity contribution is 7.47. The zero-order chi connectivity index (χ0) is 59.3. The summed E-state index contributed by atoms with van der Waals surface area (Å²) in [6.45, 7) is 7.00. The van der Waals surface area contributed by atoms with E-state index in [9.17, 15) is 19.0 Å². The molecule has 0 bridgehead atoms. The van der Waals surface area contributed by atoms with E-state index in [1.165, 1.54) is 225 Å². The van der Waals surface area contributed by atoms with Crippen molar-refractivity contribution in [1.82, 2.24) is 5.32 Å².